The monoisotopic (exact) mass is 469 g/mol. The molecule has 0 aliphatic carbocycles. The van der Waals surface area contributed by atoms with Crippen molar-refractivity contribution in [1.29, 1.82) is 0 Å². The minimum Gasteiger partial charge on any atom is -0.484 e. The number of benzene rings is 2. The van der Waals surface area contributed by atoms with Gasteiger partial charge in [0.15, 0.2) is 5.76 Å². The lowest BCUT2D eigenvalue weighted by atomic mass is 10.2. The van der Waals surface area contributed by atoms with E-state index in [-0.39, 0.29) is 18.3 Å². The number of aryl methyl sites for hydroxylation is 1. The topological polar surface area (TPSA) is 69.3 Å². The van der Waals surface area contributed by atoms with Gasteiger partial charge in [-0.1, -0.05) is 47.5 Å². The molecule has 0 fully saturated rings. The van der Waals surface area contributed by atoms with Gasteiger partial charge in [-0.15, -0.1) is 0 Å². The highest BCUT2D eigenvalue weighted by Gasteiger charge is 2.18. The average molecular weight is 470 g/mol. The maximum atomic E-state index is 12.8. The molecule has 0 saturated heterocycles. The van der Waals surface area contributed by atoms with Crippen molar-refractivity contribution in [3.05, 3.63) is 99.2 Å². The first-order valence-corrected chi connectivity index (χ1v) is 10.7. The SMILES string of the molecule is Cc1nn(Cc2cccc(Cl)c2)c(C)c1NC(=O)c1ccc(COc2ccccc2Cl)o1. The lowest BCUT2D eigenvalue weighted by Crippen LogP contribution is -2.12. The van der Waals surface area contributed by atoms with Crippen LogP contribution in [0.3, 0.4) is 0 Å². The van der Waals surface area contributed by atoms with Crippen molar-refractivity contribution < 1.29 is 13.9 Å². The minimum absolute atomic E-state index is 0.159. The first-order valence-electron chi connectivity index (χ1n) is 9.96. The summed E-state index contributed by atoms with van der Waals surface area (Å²) in [6, 6.07) is 18.1. The number of furan rings is 1. The molecular weight excluding hydrogens is 449 g/mol. The molecule has 164 valence electrons. The zero-order valence-corrected chi connectivity index (χ0v) is 19.1. The Morgan fingerprint density at radius 1 is 1.09 bits per heavy atom. The summed E-state index contributed by atoms with van der Waals surface area (Å²) in [6.07, 6.45) is 0. The van der Waals surface area contributed by atoms with Crippen LogP contribution in [0.1, 0.15) is 33.3 Å². The van der Waals surface area contributed by atoms with E-state index >= 15 is 0 Å². The molecule has 2 aromatic carbocycles. The van der Waals surface area contributed by atoms with Gasteiger partial charge in [-0.25, -0.2) is 0 Å². The smallest absolute Gasteiger partial charge is 0.291 e. The Kier molecular flexibility index (Phi) is 6.53. The van der Waals surface area contributed by atoms with Gasteiger partial charge in [-0.05, 0) is 55.8 Å². The maximum absolute atomic E-state index is 12.8. The van der Waals surface area contributed by atoms with E-state index in [4.69, 9.17) is 32.4 Å². The number of ether oxygens (including phenoxy) is 1. The standard InChI is InChI=1S/C24H21Cl2N3O3/c1-15-23(16(2)29(28-15)13-17-6-5-7-18(25)12-17)27-24(30)22-11-10-19(32-22)14-31-21-9-4-3-8-20(21)26/h3-12H,13-14H2,1-2H3,(H,27,30). The van der Waals surface area contributed by atoms with E-state index in [2.05, 4.69) is 10.4 Å². The van der Waals surface area contributed by atoms with Gasteiger partial charge in [0.25, 0.3) is 5.91 Å². The molecule has 6 nitrogen and oxygen atoms in total. The van der Waals surface area contributed by atoms with E-state index in [9.17, 15) is 4.79 Å². The van der Waals surface area contributed by atoms with E-state index in [0.717, 1.165) is 11.3 Å². The number of anilines is 1. The first-order chi connectivity index (χ1) is 15.4. The van der Waals surface area contributed by atoms with Crippen LogP contribution in [0, 0.1) is 13.8 Å². The van der Waals surface area contributed by atoms with E-state index in [1.54, 1.807) is 24.3 Å². The highest BCUT2D eigenvalue weighted by molar-refractivity contribution is 6.32. The third-order valence-corrected chi connectivity index (χ3v) is 5.48. The molecule has 0 atom stereocenters. The molecule has 32 heavy (non-hydrogen) atoms. The number of para-hydroxylation sites is 1. The van der Waals surface area contributed by atoms with Gasteiger partial charge in [0.1, 0.15) is 18.1 Å². The summed E-state index contributed by atoms with van der Waals surface area (Å²) in [7, 11) is 0. The second kappa shape index (κ2) is 9.51. The van der Waals surface area contributed by atoms with E-state index in [1.165, 1.54) is 0 Å². The number of aromatic nitrogens is 2. The Bertz CT molecular complexity index is 1260. The normalized spacial score (nSPS) is 10.9. The molecule has 0 aliphatic heterocycles. The second-order valence-corrected chi connectivity index (χ2v) is 8.12. The van der Waals surface area contributed by atoms with Crippen LogP contribution < -0.4 is 10.1 Å². The summed E-state index contributed by atoms with van der Waals surface area (Å²) < 4.78 is 13.1. The molecular formula is C24H21Cl2N3O3. The van der Waals surface area contributed by atoms with Gasteiger partial charge in [0, 0.05) is 5.02 Å². The zero-order valence-electron chi connectivity index (χ0n) is 17.6. The number of amides is 1. The van der Waals surface area contributed by atoms with Gasteiger partial charge < -0.3 is 14.5 Å². The predicted octanol–water partition coefficient (Wildman–Crippen LogP) is 6.28. The molecule has 0 radical (unpaired) electrons. The van der Waals surface area contributed by atoms with Gasteiger partial charge in [0.05, 0.1) is 28.6 Å². The Morgan fingerprint density at radius 2 is 1.91 bits per heavy atom. The summed E-state index contributed by atoms with van der Waals surface area (Å²) in [5.41, 5.74) is 3.23. The largest absolute Gasteiger partial charge is 0.484 e. The van der Waals surface area contributed by atoms with Crippen molar-refractivity contribution in [2.45, 2.75) is 27.0 Å². The van der Waals surface area contributed by atoms with E-state index < -0.39 is 0 Å². The fourth-order valence-electron chi connectivity index (χ4n) is 3.30. The number of nitrogens with one attached hydrogen (secondary N) is 1. The van der Waals surface area contributed by atoms with Crippen LogP contribution in [0.15, 0.2) is 65.1 Å². The molecule has 0 saturated carbocycles. The molecule has 0 bridgehead atoms. The lowest BCUT2D eigenvalue weighted by molar-refractivity contribution is 0.0992. The van der Waals surface area contributed by atoms with Crippen LogP contribution in [0.4, 0.5) is 5.69 Å². The summed E-state index contributed by atoms with van der Waals surface area (Å²) in [6.45, 7) is 4.47. The van der Waals surface area contributed by atoms with E-state index in [0.29, 0.717) is 39.5 Å². The fourth-order valence-corrected chi connectivity index (χ4v) is 3.71. The third kappa shape index (κ3) is 4.98. The molecule has 2 aromatic heterocycles. The molecule has 0 spiro atoms. The van der Waals surface area contributed by atoms with Crippen LogP contribution in [-0.2, 0) is 13.2 Å². The third-order valence-electron chi connectivity index (χ3n) is 4.93. The Hall–Kier alpha value is -3.22. The summed E-state index contributed by atoms with van der Waals surface area (Å²) in [5, 5.41) is 8.64. The van der Waals surface area contributed by atoms with Crippen molar-refractivity contribution in [2.24, 2.45) is 0 Å². The first kappa shape index (κ1) is 22.0. The number of hydrogen-bond donors (Lipinski definition) is 1. The Morgan fingerprint density at radius 3 is 2.69 bits per heavy atom. The maximum Gasteiger partial charge on any atom is 0.291 e. The van der Waals surface area contributed by atoms with Gasteiger partial charge in [0.2, 0.25) is 0 Å². The van der Waals surface area contributed by atoms with Crippen molar-refractivity contribution in [2.75, 3.05) is 5.32 Å². The number of nitrogens with zero attached hydrogens (tertiary/aromatic N) is 2. The van der Waals surface area contributed by atoms with Crippen LogP contribution in [-0.4, -0.2) is 15.7 Å². The number of halogens is 2. The van der Waals surface area contributed by atoms with Crippen LogP contribution >= 0.6 is 23.2 Å². The number of carbonyl (C=O) groups excluding carboxylic acids is 1. The van der Waals surface area contributed by atoms with Crippen LogP contribution in [0.2, 0.25) is 10.0 Å². The summed E-state index contributed by atoms with van der Waals surface area (Å²) in [4.78, 5) is 12.8. The second-order valence-electron chi connectivity index (χ2n) is 7.27. The molecule has 1 amide bonds. The van der Waals surface area contributed by atoms with Gasteiger partial charge >= 0.3 is 0 Å². The molecule has 4 aromatic rings. The molecule has 0 aliphatic rings. The average Bonchev–Trinajstić information content (AvgIpc) is 3.34. The Labute approximate surface area is 195 Å². The number of carbonyl (C=O) groups is 1. The fraction of sp³-hybridized carbons (Fsp3) is 0.167. The van der Waals surface area contributed by atoms with Crippen molar-refractivity contribution >= 4 is 34.8 Å². The molecule has 4 rings (SSSR count). The lowest BCUT2D eigenvalue weighted by Gasteiger charge is -2.07. The number of hydrogen-bond acceptors (Lipinski definition) is 4. The van der Waals surface area contributed by atoms with Crippen LogP contribution in [0.25, 0.3) is 0 Å². The minimum atomic E-state index is -0.359. The summed E-state index contributed by atoms with van der Waals surface area (Å²) >= 11 is 12.2. The van der Waals surface area contributed by atoms with Crippen molar-refractivity contribution in [3.63, 3.8) is 0 Å². The quantitative estimate of drug-likeness (QED) is 0.345. The highest BCUT2D eigenvalue weighted by Crippen LogP contribution is 2.25. The summed E-state index contributed by atoms with van der Waals surface area (Å²) in [5.74, 6) is 0.891. The molecule has 1 N–H and O–H groups in total. The van der Waals surface area contributed by atoms with Crippen molar-refractivity contribution in [3.8, 4) is 5.75 Å². The molecule has 8 heteroatoms. The zero-order chi connectivity index (χ0) is 22.7. The van der Waals surface area contributed by atoms with Crippen LogP contribution in [0.5, 0.6) is 5.75 Å². The number of rotatable bonds is 7. The highest BCUT2D eigenvalue weighted by atomic mass is 35.5. The van der Waals surface area contributed by atoms with Crippen molar-refractivity contribution in [1.82, 2.24) is 9.78 Å². The van der Waals surface area contributed by atoms with E-state index in [1.807, 2.05) is 54.9 Å². The van der Waals surface area contributed by atoms with Gasteiger partial charge in [-0.3, -0.25) is 9.48 Å². The molecule has 2 heterocycles. The molecule has 0 unspecified atom stereocenters. The Balaban J connectivity index is 1.43. The van der Waals surface area contributed by atoms with Gasteiger partial charge in [-0.2, -0.15) is 5.10 Å². The predicted molar refractivity (Wildman–Crippen MR) is 125 cm³/mol.